The van der Waals surface area contributed by atoms with Crippen molar-refractivity contribution in [1.29, 1.82) is 0 Å². The van der Waals surface area contributed by atoms with E-state index in [4.69, 9.17) is 0 Å². The van der Waals surface area contributed by atoms with Crippen LogP contribution < -0.4 is 10.2 Å². The first-order valence-corrected chi connectivity index (χ1v) is 8.25. The molecule has 3 aromatic rings. The number of nitrogens with one attached hydrogen (secondary N) is 1. The molecule has 124 valence electrons. The minimum Gasteiger partial charge on any atom is -0.370 e. The second-order valence-corrected chi connectivity index (χ2v) is 6.41. The first-order valence-electron chi connectivity index (χ1n) is 8.25. The molecule has 0 aromatic carbocycles. The molecular weight excluding hydrogens is 302 g/mol. The van der Waals surface area contributed by atoms with Gasteiger partial charge < -0.3 is 10.2 Å². The number of aryl methyl sites for hydroxylation is 2. The Morgan fingerprint density at radius 3 is 2.96 bits per heavy atom. The Kier molecular flexibility index (Phi) is 3.76. The normalized spacial score (nSPS) is 17.6. The third-order valence-electron chi connectivity index (χ3n) is 4.58. The van der Waals surface area contributed by atoms with Gasteiger partial charge in [0.1, 0.15) is 18.0 Å². The van der Waals surface area contributed by atoms with Gasteiger partial charge in [-0.25, -0.2) is 15.0 Å². The van der Waals surface area contributed by atoms with Crippen LogP contribution in [0.2, 0.25) is 0 Å². The van der Waals surface area contributed by atoms with Crippen LogP contribution in [0, 0.1) is 12.8 Å². The second-order valence-electron chi connectivity index (χ2n) is 6.41. The molecule has 4 rings (SSSR count). The summed E-state index contributed by atoms with van der Waals surface area (Å²) >= 11 is 0. The maximum absolute atomic E-state index is 4.49. The topological polar surface area (TPSA) is 71.8 Å². The minimum absolute atomic E-state index is 0.579. The average molecular weight is 323 g/mol. The van der Waals surface area contributed by atoms with Crippen LogP contribution in [0.3, 0.4) is 0 Å². The van der Waals surface area contributed by atoms with Crippen LogP contribution in [0.4, 0.5) is 11.6 Å². The van der Waals surface area contributed by atoms with E-state index in [-0.39, 0.29) is 0 Å². The summed E-state index contributed by atoms with van der Waals surface area (Å²) in [5.41, 5.74) is 2.06. The maximum atomic E-state index is 4.49. The molecule has 0 spiro atoms. The van der Waals surface area contributed by atoms with E-state index in [1.165, 1.54) is 5.56 Å². The molecule has 1 aliphatic heterocycles. The average Bonchev–Trinajstić information content (AvgIpc) is 3.22. The van der Waals surface area contributed by atoms with Gasteiger partial charge in [0, 0.05) is 32.9 Å². The fourth-order valence-corrected chi connectivity index (χ4v) is 3.21. The Bertz CT molecular complexity index is 840. The van der Waals surface area contributed by atoms with Gasteiger partial charge in [-0.3, -0.25) is 4.68 Å². The largest absolute Gasteiger partial charge is 0.370 e. The Morgan fingerprint density at radius 2 is 2.12 bits per heavy atom. The monoisotopic (exact) mass is 323 g/mol. The maximum Gasteiger partial charge on any atom is 0.163 e. The summed E-state index contributed by atoms with van der Waals surface area (Å²) < 4.78 is 1.79. The standard InChI is InChI=1S/C17H21N7/c1-12-3-4-15(18-7-12)19-8-13-5-6-24(10-13)17-14-9-22-23(2)16(14)20-11-21-17/h3-4,7,9,11,13H,5-6,8,10H2,1-2H3,(H,18,19)/t13-/m0/s1. The molecule has 0 saturated carbocycles. The molecule has 1 aliphatic rings. The lowest BCUT2D eigenvalue weighted by molar-refractivity contribution is 0.621. The van der Waals surface area contributed by atoms with Crippen LogP contribution in [0.1, 0.15) is 12.0 Å². The molecule has 1 N–H and O–H groups in total. The van der Waals surface area contributed by atoms with Gasteiger partial charge in [-0.1, -0.05) is 6.07 Å². The Balaban J connectivity index is 1.43. The van der Waals surface area contributed by atoms with E-state index in [0.29, 0.717) is 5.92 Å². The predicted molar refractivity (Wildman–Crippen MR) is 94.1 cm³/mol. The van der Waals surface area contributed by atoms with E-state index in [0.717, 1.165) is 48.7 Å². The molecule has 0 unspecified atom stereocenters. The predicted octanol–water partition coefficient (Wildman–Crippen LogP) is 2.01. The highest BCUT2D eigenvalue weighted by atomic mass is 15.3. The van der Waals surface area contributed by atoms with Gasteiger partial charge in [-0.15, -0.1) is 0 Å². The zero-order valence-electron chi connectivity index (χ0n) is 14.0. The van der Waals surface area contributed by atoms with Crippen LogP contribution in [0.15, 0.2) is 30.9 Å². The Hall–Kier alpha value is -2.70. The van der Waals surface area contributed by atoms with Crippen molar-refractivity contribution in [3.8, 4) is 0 Å². The highest BCUT2D eigenvalue weighted by Crippen LogP contribution is 2.27. The Labute approximate surface area is 140 Å². The van der Waals surface area contributed by atoms with Gasteiger partial charge in [0.05, 0.1) is 11.6 Å². The van der Waals surface area contributed by atoms with Gasteiger partial charge in [0.25, 0.3) is 0 Å². The lowest BCUT2D eigenvalue weighted by Gasteiger charge is -2.18. The molecule has 1 fully saturated rings. The highest BCUT2D eigenvalue weighted by molar-refractivity contribution is 5.86. The van der Waals surface area contributed by atoms with Gasteiger partial charge in [-0.05, 0) is 30.9 Å². The first kappa shape index (κ1) is 14.9. The molecule has 0 aliphatic carbocycles. The third kappa shape index (κ3) is 2.77. The quantitative estimate of drug-likeness (QED) is 0.792. The SMILES string of the molecule is Cc1ccc(NC[C@@H]2CCN(c3ncnc4c3cnn4C)C2)nc1. The molecule has 0 radical (unpaired) electrons. The molecule has 24 heavy (non-hydrogen) atoms. The third-order valence-corrected chi connectivity index (χ3v) is 4.58. The number of hydrogen-bond donors (Lipinski definition) is 1. The fourth-order valence-electron chi connectivity index (χ4n) is 3.21. The van der Waals surface area contributed by atoms with Crippen LogP contribution in [-0.4, -0.2) is 44.4 Å². The van der Waals surface area contributed by atoms with Crippen molar-refractivity contribution in [2.45, 2.75) is 13.3 Å². The van der Waals surface area contributed by atoms with Gasteiger partial charge in [0.2, 0.25) is 0 Å². The van der Waals surface area contributed by atoms with E-state index in [1.54, 1.807) is 11.0 Å². The van der Waals surface area contributed by atoms with E-state index in [2.05, 4.69) is 36.3 Å². The second kappa shape index (κ2) is 6.07. The molecular formula is C17H21N7. The molecule has 7 heteroatoms. The van der Waals surface area contributed by atoms with Crippen molar-refractivity contribution in [2.24, 2.45) is 13.0 Å². The van der Waals surface area contributed by atoms with Gasteiger partial charge in [0.15, 0.2) is 5.65 Å². The number of anilines is 2. The van der Waals surface area contributed by atoms with Gasteiger partial charge in [-0.2, -0.15) is 5.10 Å². The molecule has 0 amide bonds. The van der Waals surface area contributed by atoms with Gasteiger partial charge >= 0.3 is 0 Å². The molecule has 4 heterocycles. The van der Waals surface area contributed by atoms with Crippen molar-refractivity contribution in [2.75, 3.05) is 29.9 Å². The number of rotatable bonds is 4. The summed E-state index contributed by atoms with van der Waals surface area (Å²) in [5.74, 6) is 2.51. The summed E-state index contributed by atoms with van der Waals surface area (Å²) in [6, 6.07) is 4.11. The van der Waals surface area contributed by atoms with E-state index in [9.17, 15) is 0 Å². The van der Waals surface area contributed by atoms with Crippen molar-refractivity contribution >= 4 is 22.7 Å². The first-order chi connectivity index (χ1) is 11.7. The molecule has 1 atom stereocenters. The van der Waals surface area contributed by atoms with Crippen LogP contribution in [0.25, 0.3) is 11.0 Å². The van der Waals surface area contributed by atoms with E-state index in [1.807, 2.05) is 32.4 Å². The van der Waals surface area contributed by atoms with Crippen molar-refractivity contribution in [1.82, 2.24) is 24.7 Å². The van der Waals surface area contributed by atoms with E-state index >= 15 is 0 Å². The lowest BCUT2D eigenvalue weighted by Crippen LogP contribution is -2.23. The van der Waals surface area contributed by atoms with Crippen molar-refractivity contribution in [3.63, 3.8) is 0 Å². The number of nitrogens with zero attached hydrogens (tertiary/aromatic N) is 6. The van der Waals surface area contributed by atoms with Crippen molar-refractivity contribution in [3.05, 3.63) is 36.4 Å². The van der Waals surface area contributed by atoms with E-state index < -0.39 is 0 Å². The van der Waals surface area contributed by atoms with Crippen LogP contribution in [-0.2, 0) is 7.05 Å². The summed E-state index contributed by atoms with van der Waals surface area (Å²) in [4.78, 5) is 15.5. The summed E-state index contributed by atoms with van der Waals surface area (Å²) in [5, 5.41) is 8.76. The summed E-state index contributed by atoms with van der Waals surface area (Å²) in [7, 11) is 1.91. The number of aromatic nitrogens is 5. The minimum atomic E-state index is 0.579. The number of fused-ring (bicyclic) bond motifs is 1. The molecule has 0 bridgehead atoms. The Morgan fingerprint density at radius 1 is 1.21 bits per heavy atom. The summed E-state index contributed by atoms with van der Waals surface area (Å²) in [6.45, 7) is 4.97. The van der Waals surface area contributed by atoms with Crippen molar-refractivity contribution < 1.29 is 0 Å². The lowest BCUT2D eigenvalue weighted by atomic mass is 10.1. The smallest absolute Gasteiger partial charge is 0.163 e. The molecule has 3 aromatic heterocycles. The highest BCUT2D eigenvalue weighted by Gasteiger charge is 2.25. The van der Waals surface area contributed by atoms with Crippen LogP contribution in [0.5, 0.6) is 0 Å². The molecule has 7 nitrogen and oxygen atoms in total. The zero-order valence-corrected chi connectivity index (χ0v) is 14.0. The fraction of sp³-hybridized carbons (Fsp3) is 0.412. The molecule has 1 saturated heterocycles. The number of hydrogen-bond acceptors (Lipinski definition) is 6. The number of pyridine rings is 1. The zero-order chi connectivity index (χ0) is 16.5. The van der Waals surface area contributed by atoms with Crippen LogP contribution >= 0.6 is 0 Å². The summed E-state index contributed by atoms with van der Waals surface area (Å²) in [6.07, 6.45) is 6.52.